The van der Waals surface area contributed by atoms with E-state index in [1.807, 2.05) is 68.4 Å². The number of aryl methyl sites for hydroxylation is 1. The first-order valence-corrected chi connectivity index (χ1v) is 15.5. The standard InChI is InChI=1S/C31H37N3O6S/c1-4-32-31(36)27(19-24-11-6-5-7-12-24)33(21-25-13-8-10-23(2)18-25)30(35)14-9-17-34(41(3,37)38)26-15-16-28-29(20-26)40-22-39-28/h5-8,10-13,15-16,18,20,27H,4,9,14,17,19,21-22H2,1-3H3,(H,32,36)/t27-/m1/s1. The number of anilines is 1. The number of rotatable bonds is 13. The van der Waals surface area contributed by atoms with E-state index in [2.05, 4.69) is 5.32 Å². The molecule has 41 heavy (non-hydrogen) atoms. The van der Waals surface area contributed by atoms with Gasteiger partial charge in [-0.1, -0.05) is 60.2 Å². The summed E-state index contributed by atoms with van der Waals surface area (Å²) in [5, 5.41) is 2.89. The molecular weight excluding hydrogens is 542 g/mol. The molecule has 9 nitrogen and oxygen atoms in total. The zero-order valence-electron chi connectivity index (χ0n) is 23.7. The fourth-order valence-corrected chi connectivity index (χ4v) is 5.85. The molecule has 3 aromatic rings. The van der Waals surface area contributed by atoms with Crippen molar-refractivity contribution in [3.05, 3.63) is 89.5 Å². The zero-order chi connectivity index (χ0) is 29.4. The topological polar surface area (TPSA) is 105 Å². The normalized spacial score (nSPS) is 13.0. The number of hydrogen-bond donors (Lipinski definition) is 1. The van der Waals surface area contributed by atoms with Gasteiger partial charge in [-0.15, -0.1) is 0 Å². The maximum Gasteiger partial charge on any atom is 0.243 e. The predicted octanol–water partition coefficient (Wildman–Crippen LogP) is 4.05. The molecule has 2 amide bonds. The Labute approximate surface area is 242 Å². The second-order valence-electron chi connectivity index (χ2n) is 10.1. The highest BCUT2D eigenvalue weighted by Crippen LogP contribution is 2.36. The lowest BCUT2D eigenvalue weighted by Gasteiger charge is -2.32. The summed E-state index contributed by atoms with van der Waals surface area (Å²) in [5.41, 5.74) is 3.35. The molecule has 0 saturated carbocycles. The van der Waals surface area contributed by atoms with Gasteiger partial charge in [-0.25, -0.2) is 8.42 Å². The molecule has 0 fully saturated rings. The van der Waals surface area contributed by atoms with Crippen LogP contribution in [0.15, 0.2) is 72.8 Å². The van der Waals surface area contributed by atoms with Crippen LogP contribution in [-0.2, 0) is 32.6 Å². The zero-order valence-corrected chi connectivity index (χ0v) is 24.5. The van der Waals surface area contributed by atoms with Gasteiger partial charge in [0.05, 0.1) is 11.9 Å². The highest BCUT2D eigenvalue weighted by Gasteiger charge is 2.30. The Kier molecular flexibility index (Phi) is 9.88. The van der Waals surface area contributed by atoms with Gasteiger partial charge < -0.3 is 19.7 Å². The number of ether oxygens (including phenoxy) is 2. The summed E-state index contributed by atoms with van der Waals surface area (Å²) in [7, 11) is -3.64. The molecule has 4 rings (SSSR count). The van der Waals surface area contributed by atoms with Gasteiger partial charge in [-0.2, -0.15) is 0 Å². The SMILES string of the molecule is CCNC(=O)[C@@H](Cc1ccccc1)N(Cc1cccc(C)c1)C(=O)CCCN(c1ccc2c(c1)OCO2)S(C)(=O)=O. The van der Waals surface area contributed by atoms with Crippen molar-refractivity contribution < 1.29 is 27.5 Å². The Balaban J connectivity index is 1.56. The number of nitrogens with zero attached hydrogens (tertiary/aromatic N) is 2. The number of carbonyl (C=O) groups excluding carboxylic acids is 2. The van der Waals surface area contributed by atoms with Crippen molar-refractivity contribution in [3.63, 3.8) is 0 Å². The van der Waals surface area contributed by atoms with Crippen LogP contribution in [0.4, 0.5) is 5.69 Å². The molecule has 0 aliphatic carbocycles. The molecule has 218 valence electrons. The van der Waals surface area contributed by atoms with Crippen LogP contribution in [0.3, 0.4) is 0 Å². The van der Waals surface area contributed by atoms with E-state index < -0.39 is 16.1 Å². The summed E-state index contributed by atoms with van der Waals surface area (Å²) in [5.74, 6) is 0.578. The first kappa shape index (κ1) is 29.9. The van der Waals surface area contributed by atoms with Gasteiger partial charge >= 0.3 is 0 Å². The van der Waals surface area contributed by atoms with Gasteiger partial charge in [-0.05, 0) is 43.5 Å². The van der Waals surface area contributed by atoms with Crippen LogP contribution in [0, 0.1) is 6.92 Å². The van der Waals surface area contributed by atoms with Gasteiger partial charge in [0.15, 0.2) is 11.5 Å². The first-order chi connectivity index (χ1) is 19.7. The number of benzene rings is 3. The summed E-state index contributed by atoms with van der Waals surface area (Å²) >= 11 is 0. The van der Waals surface area contributed by atoms with E-state index in [1.54, 1.807) is 23.1 Å². The molecule has 1 atom stereocenters. The quantitative estimate of drug-likeness (QED) is 0.328. The van der Waals surface area contributed by atoms with Crippen LogP contribution < -0.4 is 19.1 Å². The molecule has 0 unspecified atom stereocenters. The smallest absolute Gasteiger partial charge is 0.243 e. The number of carbonyl (C=O) groups is 2. The maximum atomic E-state index is 13.8. The number of sulfonamides is 1. The molecule has 0 saturated heterocycles. The fourth-order valence-electron chi connectivity index (χ4n) is 4.90. The molecule has 1 heterocycles. The summed E-state index contributed by atoms with van der Waals surface area (Å²) in [6.45, 7) is 4.70. The Morgan fingerprint density at radius 2 is 1.68 bits per heavy atom. The van der Waals surface area contributed by atoms with E-state index in [1.165, 1.54) is 4.31 Å². The summed E-state index contributed by atoms with van der Waals surface area (Å²) in [4.78, 5) is 28.8. The largest absolute Gasteiger partial charge is 0.454 e. The van der Waals surface area contributed by atoms with Crippen LogP contribution in [0.1, 0.15) is 36.5 Å². The Hall–Kier alpha value is -4.05. The van der Waals surface area contributed by atoms with Crippen LogP contribution in [-0.4, -0.2) is 57.3 Å². The third kappa shape index (κ3) is 8.00. The molecule has 0 spiro atoms. The van der Waals surface area contributed by atoms with Gasteiger partial charge in [0.1, 0.15) is 6.04 Å². The highest BCUT2D eigenvalue weighted by molar-refractivity contribution is 7.92. The Morgan fingerprint density at radius 3 is 2.39 bits per heavy atom. The van der Waals surface area contributed by atoms with Gasteiger partial charge in [0.25, 0.3) is 0 Å². The molecule has 0 aromatic heterocycles. The van der Waals surface area contributed by atoms with Crippen LogP contribution in [0.25, 0.3) is 0 Å². The van der Waals surface area contributed by atoms with Crippen molar-refractivity contribution in [1.29, 1.82) is 0 Å². The average Bonchev–Trinajstić information content (AvgIpc) is 3.41. The molecule has 1 N–H and O–H groups in total. The maximum absolute atomic E-state index is 13.8. The molecule has 10 heteroatoms. The molecule has 3 aromatic carbocycles. The molecule has 1 aliphatic heterocycles. The van der Waals surface area contributed by atoms with Crippen LogP contribution >= 0.6 is 0 Å². The van der Waals surface area contributed by atoms with E-state index in [0.717, 1.165) is 22.9 Å². The van der Waals surface area contributed by atoms with Crippen molar-refractivity contribution in [2.24, 2.45) is 0 Å². The van der Waals surface area contributed by atoms with Gasteiger partial charge in [0.2, 0.25) is 28.6 Å². The molecule has 0 bridgehead atoms. The summed E-state index contributed by atoms with van der Waals surface area (Å²) in [6.07, 6.45) is 1.82. The minimum atomic E-state index is -3.64. The molecular formula is C31H37N3O6S. The van der Waals surface area contributed by atoms with Crippen LogP contribution in [0.5, 0.6) is 11.5 Å². The number of nitrogens with one attached hydrogen (secondary N) is 1. The third-order valence-electron chi connectivity index (χ3n) is 6.85. The van der Waals surface area contributed by atoms with Crippen molar-refractivity contribution in [1.82, 2.24) is 10.2 Å². The second kappa shape index (κ2) is 13.5. The summed E-state index contributed by atoms with van der Waals surface area (Å²) in [6, 6.07) is 21.7. The Bertz CT molecular complexity index is 1460. The number of fused-ring (bicyclic) bond motifs is 1. The van der Waals surface area contributed by atoms with Crippen molar-refractivity contribution >= 4 is 27.5 Å². The monoisotopic (exact) mass is 579 g/mol. The molecule has 0 radical (unpaired) electrons. The van der Waals surface area contributed by atoms with E-state index in [4.69, 9.17) is 9.47 Å². The number of likely N-dealkylation sites (N-methyl/N-ethyl adjacent to an activating group) is 1. The van der Waals surface area contributed by atoms with Gasteiger partial charge in [-0.3, -0.25) is 13.9 Å². The number of amides is 2. The highest BCUT2D eigenvalue weighted by atomic mass is 32.2. The number of hydrogen-bond acceptors (Lipinski definition) is 6. The molecule has 1 aliphatic rings. The van der Waals surface area contributed by atoms with Crippen molar-refractivity contribution in [2.75, 3.05) is 30.4 Å². The van der Waals surface area contributed by atoms with Crippen LogP contribution in [0.2, 0.25) is 0 Å². The van der Waals surface area contributed by atoms with E-state index >= 15 is 0 Å². The lowest BCUT2D eigenvalue weighted by molar-refractivity contribution is -0.141. The average molecular weight is 580 g/mol. The predicted molar refractivity (Wildman–Crippen MR) is 158 cm³/mol. The van der Waals surface area contributed by atoms with E-state index in [0.29, 0.717) is 30.2 Å². The van der Waals surface area contributed by atoms with Gasteiger partial charge in [0, 0.05) is 38.5 Å². The second-order valence-corrected chi connectivity index (χ2v) is 12.0. The minimum absolute atomic E-state index is 0.0626. The van der Waals surface area contributed by atoms with E-state index in [-0.39, 0.29) is 44.5 Å². The van der Waals surface area contributed by atoms with E-state index in [9.17, 15) is 18.0 Å². The summed E-state index contributed by atoms with van der Waals surface area (Å²) < 4.78 is 37.4. The van der Waals surface area contributed by atoms with Crippen molar-refractivity contribution in [3.8, 4) is 11.5 Å². The minimum Gasteiger partial charge on any atom is -0.454 e. The Morgan fingerprint density at radius 1 is 0.951 bits per heavy atom. The van der Waals surface area contributed by atoms with Crippen molar-refractivity contribution in [2.45, 2.75) is 45.7 Å². The fraction of sp³-hybridized carbons (Fsp3) is 0.355. The first-order valence-electron chi connectivity index (χ1n) is 13.7. The lowest BCUT2D eigenvalue weighted by Crippen LogP contribution is -2.50. The lowest BCUT2D eigenvalue weighted by atomic mass is 10.0. The third-order valence-corrected chi connectivity index (χ3v) is 8.05.